The smallest absolute Gasteiger partial charge is 0.245 e. The molecule has 0 N–H and O–H groups in total. The Morgan fingerprint density at radius 2 is 2.07 bits per heavy atom. The lowest BCUT2D eigenvalue weighted by atomic mass is 10.2. The Bertz CT molecular complexity index is 1130. The standard InChI is InChI=1S/C19H19FN4O4S/c1-23(2)29(25,26)18-9-13(3-5-15(18)20)11-27-14-4-6-16(21-10-14)17-7-8-22-24(17)19-12-28-19/h3-10,19H,11-12H2,1-2H3. The van der Waals surface area contributed by atoms with E-state index in [1.54, 1.807) is 29.2 Å². The van der Waals surface area contributed by atoms with Gasteiger partial charge in [-0.1, -0.05) is 6.07 Å². The van der Waals surface area contributed by atoms with Crippen molar-refractivity contribution in [2.24, 2.45) is 0 Å². The minimum absolute atomic E-state index is 0.0381. The van der Waals surface area contributed by atoms with Crippen molar-refractivity contribution < 1.29 is 22.3 Å². The van der Waals surface area contributed by atoms with Gasteiger partial charge in [-0.3, -0.25) is 4.98 Å². The third kappa shape index (κ3) is 4.00. The number of rotatable bonds is 7. The molecule has 1 saturated heterocycles. The average Bonchev–Trinajstić information content (AvgIpc) is 3.44. The van der Waals surface area contributed by atoms with Crippen LogP contribution in [-0.4, -0.2) is 48.2 Å². The average molecular weight is 418 g/mol. The molecule has 1 aliphatic rings. The fourth-order valence-corrected chi connectivity index (χ4v) is 3.75. The Balaban J connectivity index is 1.48. The number of ether oxygens (including phenoxy) is 2. The van der Waals surface area contributed by atoms with E-state index in [2.05, 4.69) is 10.1 Å². The van der Waals surface area contributed by atoms with E-state index in [1.807, 2.05) is 6.07 Å². The van der Waals surface area contributed by atoms with Gasteiger partial charge in [0, 0.05) is 20.3 Å². The molecule has 0 saturated carbocycles. The second-order valence-electron chi connectivity index (χ2n) is 6.67. The molecule has 1 fully saturated rings. The van der Waals surface area contributed by atoms with Gasteiger partial charge in [-0.05, 0) is 35.9 Å². The first-order valence-electron chi connectivity index (χ1n) is 8.81. The van der Waals surface area contributed by atoms with Gasteiger partial charge < -0.3 is 9.47 Å². The largest absolute Gasteiger partial charge is 0.487 e. The van der Waals surface area contributed by atoms with Gasteiger partial charge in [-0.25, -0.2) is 21.8 Å². The van der Waals surface area contributed by atoms with Crippen molar-refractivity contribution in [3.63, 3.8) is 0 Å². The summed E-state index contributed by atoms with van der Waals surface area (Å²) < 4.78 is 52.1. The van der Waals surface area contributed by atoms with E-state index in [9.17, 15) is 12.8 Å². The molecule has 0 bridgehead atoms. The van der Waals surface area contributed by atoms with Crippen LogP contribution in [0.3, 0.4) is 0 Å². The maximum atomic E-state index is 14.0. The van der Waals surface area contributed by atoms with Crippen LogP contribution in [-0.2, 0) is 21.4 Å². The van der Waals surface area contributed by atoms with Gasteiger partial charge in [0.05, 0.1) is 24.2 Å². The number of hydrogen-bond donors (Lipinski definition) is 0. The minimum Gasteiger partial charge on any atom is -0.487 e. The van der Waals surface area contributed by atoms with Crippen molar-refractivity contribution in [3.8, 4) is 17.1 Å². The summed E-state index contributed by atoms with van der Waals surface area (Å²) in [6, 6.07) is 9.31. The number of nitrogens with zero attached hydrogens (tertiary/aromatic N) is 4. The van der Waals surface area contributed by atoms with Crippen LogP contribution in [0.25, 0.3) is 11.4 Å². The maximum Gasteiger partial charge on any atom is 0.245 e. The molecule has 8 nitrogen and oxygen atoms in total. The topological polar surface area (TPSA) is 89.9 Å². The lowest BCUT2D eigenvalue weighted by Crippen LogP contribution is -2.23. The second kappa shape index (κ2) is 7.54. The van der Waals surface area contributed by atoms with Crippen LogP contribution in [0.5, 0.6) is 5.75 Å². The molecule has 3 aromatic rings. The summed E-state index contributed by atoms with van der Waals surface area (Å²) in [5.74, 6) is -0.298. The van der Waals surface area contributed by atoms with Crippen molar-refractivity contribution in [2.75, 3.05) is 20.7 Å². The van der Waals surface area contributed by atoms with E-state index < -0.39 is 15.8 Å². The maximum absolute atomic E-state index is 14.0. The monoisotopic (exact) mass is 418 g/mol. The molecule has 0 amide bonds. The van der Waals surface area contributed by atoms with Crippen molar-refractivity contribution in [1.29, 1.82) is 0 Å². The highest BCUT2D eigenvalue weighted by Crippen LogP contribution is 2.29. The third-order valence-corrected chi connectivity index (χ3v) is 6.25. The molecule has 0 radical (unpaired) electrons. The van der Waals surface area contributed by atoms with E-state index >= 15 is 0 Å². The molecule has 152 valence electrons. The molecule has 1 atom stereocenters. The number of benzene rings is 1. The van der Waals surface area contributed by atoms with Crippen LogP contribution in [0.4, 0.5) is 4.39 Å². The quantitative estimate of drug-likeness (QED) is 0.548. The van der Waals surface area contributed by atoms with E-state index in [1.165, 1.54) is 26.2 Å². The van der Waals surface area contributed by atoms with Crippen LogP contribution in [0.1, 0.15) is 11.8 Å². The van der Waals surface area contributed by atoms with E-state index in [4.69, 9.17) is 9.47 Å². The van der Waals surface area contributed by atoms with Crippen molar-refractivity contribution in [1.82, 2.24) is 19.1 Å². The zero-order valence-corrected chi connectivity index (χ0v) is 16.6. The van der Waals surface area contributed by atoms with Gasteiger partial charge >= 0.3 is 0 Å². The van der Waals surface area contributed by atoms with E-state index in [0.29, 0.717) is 17.9 Å². The van der Waals surface area contributed by atoms with Crippen molar-refractivity contribution in [3.05, 3.63) is 60.2 Å². The predicted molar refractivity (Wildman–Crippen MR) is 102 cm³/mol. The van der Waals surface area contributed by atoms with Crippen molar-refractivity contribution >= 4 is 10.0 Å². The first-order valence-corrected chi connectivity index (χ1v) is 10.3. The summed E-state index contributed by atoms with van der Waals surface area (Å²) in [5.41, 5.74) is 2.10. The summed E-state index contributed by atoms with van der Waals surface area (Å²) in [5, 5.41) is 4.24. The fraction of sp³-hybridized carbons (Fsp3) is 0.263. The Morgan fingerprint density at radius 1 is 1.28 bits per heavy atom. The molecule has 1 unspecified atom stereocenters. The first kappa shape index (κ1) is 19.5. The normalized spacial score (nSPS) is 16.2. The van der Waals surface area contributed by atoms with Crippen LogP contribution < -0.4 is 4.74 Å². The van der Waals surface area contributed by atoms with Gasteiger partial charge in [-0.2, -0.15) is 5.10 Å². The molecule has 2 aromatic heterocycles. The molecule has 0 aliphatic carbocycles. The Kier molecular flexibility index (Phi) is 5.07. The lowest BCUT2D eigenvalue weighted by molar-refractivity contribution is 0.304. The molecule has 29 heavy (non-hydrogen) atoms. The summed E-state index contributed by atoms with van der Waals surface area (Å²) in [6.45, 7) is 0.712. The zero-order valence-electron chi connectivity index (χ0n) is 15.8. The van der Waals surface area contributed by atoms with Crippen LogP contribution in [0, 0.1) is 5.82 Å². The van der Waals surface area contributed by atoms with Crippen LogP contribution >= 0.6 is 0 Å². The summed E-state index contributed by atoms with van der Waals surface area (Å²) in [6.07, 6.45) is 3.22. The summed E-state index contributed by atoms with van der Waals surface area (Å²) >= 11 is 0. The number of epoxide rings is 1. The fourth-order valence-electron chi connectivity index (χ4n) is 2.75. The molecule has 1 aromatic carbocycles. The van der Waals surface area contributed by atoms with Gasteiger partial charge in [-0.15, -0.1) is 0 Å². The number of pyridine rings is 1. The molecule has 1 aliphatic heterocycles. The Labute approximate surface area is 167 Å². The highest BCUT2D eigenvalue weighted by atomic mass is 32.2. The predicted octanol–water partition coefficient (Wildman–Crippen LogP) is 2.44. The molecule has 10 heteroatoms. The Hall–Kier alpha value is -2.82. The highest BCUT2D eigenvalue weighted by molar-refractivity contribution is 7.89. The molecular formula is C19H19FN4O4S. The molecular weight excluding hydrogens is 399 g/mol. The third-order valence-electron chi connectivity index (χ3n) is 4.42. The van der Waals surface area contributed by atoms with Crippen LogP contribution in [0.2, 0.25) is 0 Å². The summed E-state index contributed by atoms with van der Waals surface area (Å²) in [7, 11) is -1.17. The second-order valence-corrected chi connectivity index (χ2v) is 8.79. The van der Waals surface area contributed by atoms with Gasteiger partial charge in [0.15, 0.2) is 6.23 Å². The zero-order chi connectivity index (χ0) is 20.6. The van der Waals surface area contributed by atoms with E-state index in [-0.39, 0.29) is 17.7 Å². The first-order chi connectivity index (χ1) is 13.9. The number of hydrogen-bond acceptors (Lipinski definition) is 6. The minimum atomic E-state index is -3.88. The highest BCUT2D eigenvalue weighted by Gasteiger charge is 2.28. The molecule has 4 rings (SSSR count). The van der Waals surface area contributed by atoms with Gasteiger partial charge in [0.25, 0.3) is 0 Å². The van der Waals surface area contributed by atoms with Gasteiger partial charge in [0.1, 0.15) is 23.1 Å². The van der Waals surface area contributed by atoms with Crippen LogP contribution in [0.15, 0.2) is 53.7 Å². The number of sulfonamides is 1. The lowest BCUT2D eigenvalue weighted by Gasteiger charge is -2.13. The summed E-state index contributed by atoms with van der Waals surface area (Å²) in [4.78, 5) is 4.01. The van der Waals surface area contributed by atoms with E-state index in [0.717, 1.165) is 21.8 Å². The molecule has 3 heterocycles. The SMILES string of the molecule is CN(C)S(=O)(=O)c1cc(COc2ccc(-c3ccnn3C3CO3)nc2)ccc1F. The van der Waals surface area contributed by atoms with Crippen molar-refractivity contribution in [2.45, 2.75) is 17.7 Å². The molecule has 0 spiro atoms. The van der Waals surface area contributed by atoms with Gasteiger partial charge in [0.2, 0.25) is 10.0 Å². The number of aromatic nitrogens is 3. The number of halogens is 1. The Morgan fingerprint density at radius 3 is 2.72 bits per heavy atom.